The lowest BCUT2D eigenvalue weighted by molar-refractivity contribution is 0.0947. The number of aromatic amines is 1. The molecule has 0 aliphatic carbocycles. The maximum absolute atomic E-state index is 12.8. The normalized spacial score (nSPS) is 10.7. The van der Waals surface area contributed by atoms with Crippen LogP contribution in [0.3, 0.4) is 0 Å². The van der Waals surface area contributed by atoms with E-state index in [2.05, 4.69) is 20.6 Å². The summed E-state index contributed by atoms with van der Waals surface area (Å²) in [6, 6.07) is 17.6. The molecule has 0 aliphatic heterocycles. The highest BCUT2D eigenvalue weighted by atomic mass is 35.5. The molecule has 0 atom stereocenters. The van der Waals surface area contributed by atoms with Crippen molar-refractivity contribution in [3.63, 3.8) is 0 Å². The molecule has 29 heavy (non-hydrogen) atoms. The fourth-order valence-electron chi connectivity index (χ4n) is 3.00. The molecule has 2 aromatic heterocycles. The van der Waals surface area contributed by atoms with Crippen molar-refractivity contribution in [1.29, 1.82) is 0 Å². The summed E-state index contributed by atoms with van der Waals surface area (Å²) in [4.78, 5) is 32.6. The number of H-pyrrole nitrogens is 1. The van der Waals surface area contributed by atoms with E-state index in [0.717, 1.165) is 16.5 Å². The van der Waals surface area contributed by atoms with E-state index >= 15 is 0 Å². The van der Waals surface area contributed by atoms with Gasteiger partial charge in [-0.2, -0.15) is 0 Å². The monoisotopic (exact) mass is 404 g/mol. The minimum absolute atomic E-state index is 0.294. The molecule has 2 aromatic carbocycles. The number of nitrogens with zero attached hydrogens (tertiary/aromatic N) is 1. The lowest BCUT2D eigenvalue weighted by atomic mass is 10.1. The average molecular weight is 405 g/mol. The molecule has 0 spiro atoms. The molecule has 144 valence electrons. The number of aromatic nitrogens is 2. The van der Waals surface area contributed by atoms with E-state index in [1.54, 1.807) is 36.7 Å². The quantitative estimate of drug-likeness (QED) is 0.460. The Labute approximate surface area is 171 Å². The number of pyridine rings is 1. The minimum Gasteiger partial charge on any atom is -0.349 e. The number of anilines is 1. The number of nitrogens with one attached hydrogen (secondary N) is 3. The maximum Gasteiger partial charge on any atom is 0.270 e. The van der Waals surface area contributed by atoms with Crippen LogP contribution in [0.1, 0.15) is 26.4 Å². The predicted molar refractivity (Wildman–Crippen MR) is 113 cm³/mol. The van der Waals surface area contributed by atoms with Gasteiger partial charge >= 0.3 is 0 Å². The third kappa shape index (κ3) is 4.12. The van der Waals surface area contributed by atoms with Crippen molar-refractivity contribution in [2.24, 2.45) is 0 Å². The molecule has 2 heterocycles. The Hall–Kier alpha value is -3.64. The molecule has 3 N–H and O–H groups in total. The number of carbonyl (C=O) groups is 2. The third-order valence-corrected chi connectivity index (χ3v) is 4.73. The highest BCUT2D eigenvalue weighted by Crippen LogP contribution is 2.28. The Morgan fingerprint density at radius 1 is 0.931 bits per heavy atom. The molecular weight excluding hydrogens is 388 g/mol. The zero-order chi connectivity index (χ0) is 20.2. The second-order valence-corrected chi connectivity index (χ2v) is 6.86. The van der Waals surface area contributed by atoms with Crippen LogP contribution in [0.2, 0.25) is 5.02 Å². The van der Waals surface area contributed by atoms with Crippen molar-refractivity contribution >= 4 is 40.0 Å². The van der Waals surface area contributed by atoms with E-state index in [-0.39, 0.29) is 11.8 Å². The van der Waals surface area contributed by atoms with Gasteiger partial charge in [0, 0.05) is 40.4 Å². The smallest absolute Gasteiger partial charge is 0.270 e. The molecule has 7 heteroatoms. The Bertz CT molecular complexity index is 1170. The van der Waals surface area contributed by atoms with Gasteiger partial charge in [0.25, 0.3) is 11.8 Å². The van der Waals surface area contributed by atoms with Crippen LogP contribution in [0.5, 0.6) is 0 Å². The second-order valence-electron chi connectivity index (χ2n) is 6.42. The molecule has 4 aromatic rings. The number of amides is 2. The number of rotatable bonds is 5. The first kappa shape index (κ1) is 18.7. The lowest BCUT2D eigenvalue weighted by Crippen LogP contribution is -2.25. The summed E-state index contributed by atoms with van der Waals surface area (Å²) >= 11 is 5.90. The van der Waals surface area contributed by atoms with E-state index in [1.807, 2.05) is 36.4 Å². The summed E-state index contributed by atoms with van der Waals surface area (Å²) < 4.78 is 0. The van der Waals surface area contributed by atoms with Crippen molar-refractivity contribution in [1.82, 2.24) is 15.3 Å². The lowest BCUT2D eigenvalue weighted by Gasteiger charge is -2.09. The Morgan fingerprint density at radius 3 is 2.41 bits per heavy atom. The van der Waals surface area contributed by atoms with Gasteiger partial charge in [-0.3, -0.25) is 14.6 Å². The van der Waals surface area contributed by atoms with Gasteiger partial charge in [-0.05, 0) is 48.0 Å². The van der Waals surface area contributed by atoms with E-state index in [1.165, 1.54) is 0 Å². The predicted octanol–water partition coefficient (Wildman–Crippen LogP) is 4.40. The van der Waals surface area contributed by atoms with Gasteiger partial charge in [0.05, 0.1) is 5.69 Å². The van der Waals surface area contributed by atoms with Gasteiger partial charge in [0.15, 0.2) is 0 Å². The molecule has 0 saturated carbocycles. The number of para-hydroxylation sites is 1. The van der Waals surface area contributed by atoms with Gasteiger partial charge in [-0.15, -0.1) is 0 Å². The largest absolute Gasteiger partial charge is 0.349 e. The zero-order valence-electron chi connectivity index (χ0n) is 15.3. The van der Waals surface area contributed by atoms with E-state index in [4.69, 9.17) is 11.6 Å². The number of benzene rings is 2. The van der Waals surface area contributed by atoms with Crippen LogP contribution in [0.15, 0.2) is 73.1 Å². The van der Waals surface area contributed by atoms with E-state index in [0.29, 0.717) is 28.5 Å². The van der Waals surface area contributed by atoms with Gasteiger partial charge in [-0.1, -0.05) is 29.8 Å². The summed E-state index contributed by atoms with van der Waals surface area (Å²) in [7, 11) is 0. The first-order valence-corrected chi connectivity index (χ1v) is 9.34. The molecule has 4 rings (SSSR count). The molecule has 0 radical (unpaired) electrons. The SMILES string of the molecule is O=C(Nc1c(C(=O)NCc2ccncc2)[nH]c2ccccc12)c1ccc(Cl)cc1. The summed E-state index contributed by atoms with van der Waals surface area (Å²) in [5.74, 6) is -0.640. The molecule has 0 saturated heterocycles. The summed E-state index contributed by atoms with van der Waals surface area (Å²) in [5, 5.41) is 7.03. The number of halogens is 1. The summed E-state index contributed by atoms with van der Waals surface area (Å²) in [6.07, 6.45) is 3.34. The fraction of sp³-hybridized carbons (Fsp3) is 0.0455. The van der Waals surface area contributed by atoms with Crippen molar-refractivity contribution in [2.75, 3.05) is 5.32 Å². The first-order valence-electron chi connectivity index (χ1n) is 8.96. The Balaban J connectivity index is 1.62. The van der Waals surface area contributed by atoms with Gasteiger partial charge in [0.2, 0.25) is 0 Å². The third-order valence-electron chi connectivity index (χ3n) is 4.48. The number of hydrogen-bond donors (Lipinski definition) is 3. The van der Waals surface area contributed by atoms with Crippen molar-refractivity contribution in [3.8, 4) is 0 Å². The Morgan fingerprint density at radius 2 is 1.66 bits per heavy atom. The molecule has 2 amide bonds. The first-order chi connectivity index (χ1) is 14.1. The highest BCUT2D eigenvalue weighted by molar-refractivity contribution is 6.30. The van der Waals surface area contributed by atoms with Gasteiger partial charge < -0.3 is 15.6 Å². The minimum atomic E-state index is -0.324. The second kappa shape index (κ2) is 8.16. The number of hydrogen-bond acceptors (Lipinski definition) is 3. The maximum atomic E-state index is 12.8. The van der Waals surface area contributed by atoms with Crippen molar-refractivity contribution < 1.29 is 9.59 Å². The van der Waals surface area contributed by atoms with E-state index < -0.39 is 0 Å². The van der Waals surface area contributed by atoms with Crippen molar-refractivity contribution in [2.45, 2.75) is 6.54 Å². The topological polar surface area (TPSA) is 86.9 Å². The zero-order valence-corrected chi connectivity index (χ0v) is 16.0. The van der Waals surface area contributed by atoms with Crippen LogP contribution in [-0.4, -0.2) is 21.8 Å². The molecular formula is C22H17ClN4O2. The number of carbonyl (C=O) groups excluding carboxylic acids is 2. The van der Waals surface area contributed by atoms with Gasteiger partial charge in [0.1, 0.15) is 5.69 Å². The number of fused-ring (bicyclic) bond motifs is 1. The van der Waals surface area contributed by atoms with Crippen molar-refractivity contribution in [3.05, 3.63) is 94.9 Å². The molecule has 0 bridgehead atoms. The Kier molecular flexibility index (Phi) is 5.27. The van der Waals surface area contributed by atoms with Crippen LogP contribution in [0.4, 0.5) is 5.69 Å². The fourth-order valence-corrected chi connectivity index (χ4v) is 3.13. The molecule has 0 aliphatic rings. The molecule has 0 fully saturated rings. The van der Waals surface area contributed by atoms with Crippen LogP contribution in [0.25, 0.3) is 10.9 Å². The van der Waals surface area contributed by atoms with Crippen LogP contribution >= 0.6 is 11.6 Å². The van der Waals surface area contributed by atoms with Crippen LogP contribution in [-0.2, 0) is 6.54 Å². The van der Waals surface area contributed by atoms with Crippen LogP contribution < -0.4 is 10.6 Å². The average Bonchev–Trinajstić information content (AvgIpc) is 3.12. The summed E-state index contributed by atoms with van der Waals surface area (Å²) in [5.41, 5.74) is 2.86. The van der Waals surface area contributed by atoms with E-state index in [9.17, 15) is 9.59 Å². The highest BCUT2D eigenvalue weighted by Gasteiger charge is 2.20. The summed E-state index contributed by atoms with van der Waals surface area (Å²) in [6.45, 7) is 0.349. The van der Waals surface area contributed by atoms with Crippen LogP contribution in [0, 0.1) is 0 Å². The molecule has 0 unspecified atom stereocenters. The standard InChI is InChI=1S/C22H17ClN4O2/c23-16-7-5-15(6-8-16)21(28)27-19-17-3-1-2-4-18(17)26-20(19)22(29)25-13-14-9-11-24-12-10-14/h1-12,26H,13H2,(H,25,29)(H,27,28). The van der Waals surface area contributed by atoms with Gasteiger partial charge in [-0.25, -0.2) is 0 Å². The molecule has 6 nitrogen and oxygen atoms in total.